The zero-order valence-corrected chi connectivity index (χ0v) is 14.6. The lowest BCUT2D eigenvalue weighted by molar-refractivity contribution is 0.0981. The van der Waals surface area contributed by atoms with E-state index >= 15 is 0 Å². The lowest BCUT2D eigenvalue weighted by atomic mass is 10.1. The molecule has 1 saturated heterocycles. The van der Waals surface area contributed by atoms with Crippen LogP contribution in [0.5, 0.6) is 0 Å². The number of aryl methyl sites for hydroxylation is 1. The Labute approximate surface area is 146 Å². The first kappa shape index (κ1) is 17.4. The minimum absolute atomic E-state index is 0.183. The smallest absolute Gasteiger partial charge is 0.281 e. The minimum Gasteiger partial charge on any atom is -0.378 e. The van der Waals surface area contributed by atoms with Crippen molar-refractivity contribution < 1.29 is 17.9 Å². The Balaban J connectivity index is 1.79. The van der Waals surface area contributed by atoms with Gasteiger partial charge in [0.1, 0.15) is 5.82 Å². The Bertz CT molecular complexity index is 860. The number of nitrogens with one attached hydrogen (secondary N) is 1. The summed E-state index contributed by atoms with van der Waals surface area (Å²) in [5.41, 5.74) is 1.26. The van der Waals surface area contributed by atoms with Gasteiger partial charge in [-0.2, -0.15) is 8.42 Å². The maximum Gasteiger partial charge on any atom is 0.281 e. The number of hydrogen-bond donors (Lipinski definition) is 1. The standard InChI is InChI=1S/C17H19N3O4S/c1-13-5-7-14(8-6-13)17(21)19-25(22,23)16-4-2-3-15(18-16)20-9-11-24-12-10-20/h2-8H,9-12H2,1H3,(H,19,21). The molecule has 25 heavy (non-hydrogen) atoms. The molecule has 0 aliphatic carbocycles. The number of benzene rings is 1. The van der Waals surface area contributed by atoms with Crippen LogP contribution < -0.4 is 9.62 Å². The second-order valence-corrected chi connectivity index (χ2v) is 7.36. The molecule has 8 heteroatoms. The summed E-state index contributed by atoms with van der Waals surface area (Å²) in [5, 5.41) is -0.183. The van der Waals surface area contributed by atoms with Gasteiger partial charge in [0.2, 0.25) is 0 Å². The van der Waals surface area contributed by atoms with Crippen LogP contribution in [0.25, 0.3) is 0 Å². The summed E-state index contributed by atoms with van der Waals surface area (Å²) in [5.74, 6) is -0.132. The molecule has 3 rings (SSSR count). The maximum absolute atomic E-state index is 12.5. The van der Waals surface area contributed by atoms with Gasteiger partial charge in [-0.15, -0.1) is 0 Å². The van der Waals surface area contributed by atoms with Gasteiger partial charge >= 0.3 is 0 Å². The fourth-order valence-corrected chi connectivity index (χ4v) is 3.40. The number of amides is 1. The molecule has 1 aromatic carbocycles. The number of morpholine rings is 1. The summed E-state index contributed by atoms with van der Waals surface area (Å²) in [6.07, 6.45) is 0. The summed E-state index contributed by atoms with van der Waals surface area (Å²) in [7, 11) is -4.05. The predicted octanol–water partition coefficient (Wildman–Crippen LogP) is 1.35. The van der Waals surface area contributed by atoms with Crippen LogP contribution in [0.3, 0.4) is 0 Å². The molecule has 7 nitrogen and oxygen atoms in total. The highest BCUT2D eigenvalue weighted by atomic mass is 32.2. The number of pyridine rings is 1. The quantitative estimate of drug-likeness (QED) is 0.884. The van der Waals surface area contributed by atoms with Gasteiger partial charge in [-0.05, 0) is 31.2 Å². The zero-order valence-electron chi connectivity index (χ0n) is 13.8. The highest BCUT2D eigenvalue weighted by molar-refractivity contribution is 7.90. The third-order valence-corrected chi connectivity index (χ3v) is 5.09. The third kappa shape index (κ3) is 4.15. The summed E-state index contributed by atoms with van der Waals surface area (Å²) < 4.78 is 32.3. The highest BCUT2D eigenvalue weighted by Gasteiger charge is 2.22. The van der Waals surface area contributed by atoms with Crippen molar-refractivity contribution >= 4 is 21.7 Å². The first-order valence-electron chi connectivity index (χ1n) is 7.89. The molecule has 1 N–H and O–H groups in total. The van der Waals surface area contributed by atoms with Crippen LogP contribution in [-0.4, -0.2) is 45.6 Å². The summed E-state index contributed by atoms with van der Waals surface area (Å²) in [4.78, 5) is 18.3. The van der Waals surface area contributed by atoms with Crippen LogP contribution in [-0.2, 0) is 14.8 Å². The predicted molar refractivity (Wildman–Crippen MR) is 93.1 cm³/mol. The van der Waals surface area contributed by atoms with E-state index in [1.807, 2.05) is 11.8 Å². The van der Waals surface area contributed by atoms with E-state index in [0.29, 0.717) is 32.1 Å². The Morgan fingerprint density at radius 1 is 1.12 bits per heavy atom. The van der Waals surface area contributed by atoms with Crippen molar-refractivity contribution in [1.82, 2.24) is 9.71 Å². The topological polar surface area (TPSA) is 88.6 Å². The van der Waals surface area contributed by atoms with Crippen molar-refractivity contribution in [2.45, 2.75) is 11.9 Å². The molecule has 2 heterocycles. The fourth-order valence-electron chi connectivity index (χ4n) is 2.46. The number of rotatable bonds is 4. The Morgan fingerprint density at radius 3 is 2.48 bits per heavy atom. The molecule has 0 saturated carbocycles. The molecule has 0 spiro atoms. The first-order chi connectivity index (χ1) is 12.0. The van der Waals surface area contributed by atoms with Gasteiger partial charge in [-0.1, -0.05) is 23.8 Å². The minimum atomic E-state index is -4.05. The largest absolute Gasteiger partial charge is 0.378 e. The molecule has 0 unspecified atom stereocenters. The van der Waals surface area contributed by atoms with Crippen molar-refractivity contribution in [2.75, 3.05) is 31.2 Å². The zero-order chi connectivity index (χ0) is 17.9. The first-order valence-corrected chi connectivity index (χ1v) is 9.37. The van der Waals surface area contributed by atoms with Crippen molar-refractivity contribution in [2.24, 2.45) is 0 Å². The highest BCUT2D eigenvalue weighted by Crippen LogP contribution is 2.16. The average Bonchev–Trinajstić information content (AvgIpc) is 2.63. The van der Waals surface area contributed by atoms with E-state index < -0.39 is 15.9 Å². The van der Waals surface area contributed by atoms with Gasteiger partial charge in [0, 0.05) is 18.7 Å². The lowest BCUT2D eigenvalue weighted by Crippen LogP contribution is -2.37. The Kier molecular flexibility index (Phi) is 5.00. The number of hydrogen-bond acceptors (Lipinski definition) is 6. The van der Waals surface area contributed by atoms with Gasteiger partial charge in [-0.25, -0.2) is 9.71 Å². The van der Waals surface area contributed by atoms with Gasteiger partial charge < -0.3 is 9.64 Å². The molecule has 0 atom stereocenters. The van der Waals surface area contributed by atoms with Gasteiger partial charge in [0.15, 0.2) is 5.03 Å². The number of carbonyl (C=O) groups excluding carboxylic acids is 1. The average molecular weight is 361 g/mol. The van der Waals surface area contributed by atoms with E-state index in [1.54, 1.807) is 36.4 Å². The second-order valence-electron chi connectivity index (χ2n) is 5.73. The molecule has 0 radical (unpaired) electrons. The van der Waals surface area contributed by atoms with E-state index in [4.69, 9.17) is 4.74 Å². The molecule has 1 fully saturated rings. The number of anilines is 1. The number of carbonyl (C=O) groups is 1. The molecule has 1 aliphatic rings. The van der Waals surface area contributed by atoms with Crippen LogP contribution in [0.1, 0.15) is 15.9 Å². The number of ether oxygens (including phenoxy) is 1. The monoisotopic (exact) mass is 361 g/mol. The molecule has 1 aliphatic heterocycles. The van der Waals surface area contributed by atoms with Crippen LogP contribution in [0.4, 0.5) is 5.82 Å². The Hall–Kier alpha value is -2.45. The molecule has 1 amide bonds. The maximum atomic E-state index is 12.5. The van der Waals surface area contributed by atoms with E-state index in [9.17, 15) is 13.2 Å². The second kappa shape index (κ2) is 7.20. The number of nitrogens with zero attached hydrogens (tertiary/aromatic N) is 2. The van der Waals surface area contributed by atoms with E-state index in [2.05, 4.69) is 9.71 Å². The molecular formula is C17H19N3O4S. The van der Waals surface area contributed by atoms with Crippen LogP contribution in [0.2, 0.25) is 0 Å². The summed E-state index contributed by atoms with van der Waals surface area (Å²) in [6, 6.07) is 11.4. The van der Waals surface area contributed by atoms with E-state index in [0.717, 1.165) is 5.56 Å². The SMILES string of the molecule is Cc1ccc(C(=O)NS(=O)(=O)c2cccc(N3CCOCC3)n2)cc1. The van der Waals surface area contributed by atoms with Crippen LogP contribution in [0.15, 0.2) is 47.5 Å². The van der Waals surface area contributed by atoms with Crippen LogP contribution in [0, 0.1) is 6.92 Å². The molecule has 132 valence electrons. The fraction of sp³-hybridized carbons (Fsp3) is 0.294. The molecule has 2 aromatic rings. The third-order valence-electron chi connectivity index (χ3n) is 3.86. The number of aromatic nitrogens is 1. The van der Waals surface area contributed by atoms with Gasteiger partial charge in [0.05, 0.1) is 13.2 Å². The van der Waals surface area contributed by atoms with E-state index in [1.165, 1.54) is 6.07 Å². The van der Waals surface area contributed by atoms with Gasteiger partial charge in [0.25, 0.3) is 15.9 Å². The lowest BCUT2D eigenvalue weighted by Gasteiger charge is -2.27. The van der Waals surface area contributed by atoms with Crippen LogP contribution >= 0.6 is 0 Å². The molecule has 0 bridgehead atoms. The van der Waals surface area contributed by atoms with E-state index in [-0.39, 0.29) is 10.6 Å². The van der Waals surface area contributed by atoms with Gasteiger partial charge in [-0.3, -0.25) is 4.79 Å². The van der Waals surface area contributed by atoms with Crippen molar-refractivity contribution in [3.63, 3.8) is 0 Å². The molecule has 1 aromatic heterocycles. The normalized spacial score (nSPS) is 15.0. The van der Waals surface area contributed by atoms with Crippen molar-refractivity contribution in [3.8, 4) is 0 Å². The van der Waals surface area contributed by atoms with Crippen molar-refractivity contribution in [3.05, 3.63) is 53.6 Å². The summed E-state index contributed by atoms with van der Waals surface area (Å²) >= 11 is 0. The number of sulfonamides is 1. The Morgan fingerprint density at radius 2 is 1.80 bits per heavy atom. The summed E-state index contributed by atoms with van der Waals surface area (Å²) in [6.45, 7) is 4.32. The van der Waals surface area contributed by atoms with Crippen molar-refractivity contribution in [1.29, 1.82) is 0 Å². The molecular weight excluding hydrogens is 342 g/mol.